The van der Waals surface area contributed by atoms with Crippen LogP contribution in [-0.2, 0) is 9.47 Å². The molecule has 6 heteroatoms. The second kappa shape index (κ2) is 5.54. The summed E-state index contributed by atoms with van der Waals surface area (Å²) in [6.45, 7) is 1.39. The van der Waals surface area contributed by atoms with Crippen LogP contribution in [0, 0.1) is 11.7 Å². The lowest BCUT2D eigenvalue weighted by Gasteiger charge is -2.43. The van der Waals surface area contributed by atoms with Gasteiger partial charge in [0.2, 0.25) is 0 Å². The Kier molecular flexibility index (Phi) is 4.01. The van der Waals surface area contributed by atoms with Crippen molar-refractivity contribution >= 4 is 11.7 Å². The molecule has 0 radical (unpaired) electrons. The van der Waals surface area contributed by atoms with Gasteiger partial charge in [-0.3, -0.25) is 0 Å². The molecule has 104 valence electrons. The van der Waals surface area contributed by atoms with E-state index in [2.05, 4.69) is 0 Å². The van der Waals surface area contributed by atoms with Gasteiger partial charge in [0.25, 0.3) is 0 Å². The molecule has 0 aliphatic carbocycles. The van der Waals surface area contributed by atoms with Crippen LogP contribution in [0.25, 0.3) is 0 Å². The van der Waals surface area contributed by atoms with Gasteiger partial charge in [-0.1, -0.05) is 0 Å². The molecule has 0 bridgehead atoms. The van der Waals surface area contributed by atoms with E-state index in [4.69, 9.17) is 14.6 Å². The Hall–Kier alpha value is -1.66. The van der Waals surface area contributed by atoms with Crippen LogP contribution in [0.5, 0.6) is 0 Å². The average Bonchev–Trinajstić information content (AvgIpc) is 2.32. The number of hydrogen-bond acceptors (Lipinski definition) is 4. The van der Waals surface area contributed by atoms with Crippen molar-refractivity contribution in [3.63, 3.8) is 0 Å². The van der Waals surface area contributed by atoms with Gasteiger partial charge in [0, 0.05) is 38.9 Å². The Morgan fingerprint density at radius 3 is 2.53 bits per heavy atom. The van der Waals surface area contributed by atoms with Gasteiger partial charge in [-0.15, -0.1) is 0 Å². The predicted octanol–water partition coefficient (Wildman–Crippen LogP) is 1.58. The van der Waals surface area contributed by atoms with Crippen molar-refractivity contribution in [3.8, 4) is 0 Å². The van der Waals surface area contributed by atoms with Gasteiger partial charge in [0.15, 0.2) is 6.29 Å². The minimum atomic E-state index is -1.26. The van der Waals surface area contributed by atoms with Gasteiger partial charge < -0.3 is 19.5 Å². The van der Waals surface area contributed by atoms with Crippen LogP contribution in [0.2, 0.25) is 0 Å². The topological polar surface area (TPSA) is 59.0 Å². The number of carboxylic acid groups (broad SMARTS) is 1. The molecule has 1 aliphatic heterocycles. The molecule has 0 atom stereocenters. The number of anilines is 1. The molecule has 2 rings (SSSR count). The normalized spacial score (nSPS) is 15.7. The van der Waals surface area contributed by atoms with Crippen LogP contribution < -0.4 is 4.90 Å². The first-order valence-electron chi connectivity index (χ1n) is 5.90. The highest BCUT2D eigenvalue weighted by Crippen LogP contribution is 2.29. The van der Waals surface area contributed by atoms with Gasteiger partial charge in [0.05, 0.1) is 5.56 Å². The second-order valence-corrected chi connectivity index (χ2v) is 4.47. The Bertz CT molecular complexity index is 470. The molecule has 0 unspecified atom stereocenters. The summed E-state index contributed by atoms with van der Waals surface area (Å²) in [7, 11) is 3.16. The lowest BCUT2D eigenvalue weighted by Crippen LogP contribution is -2.53. The molecule has 0 amide bonds. The van der Waals surface area contributed by atoms with Crippen molar-refractivity contribution in [3.05, 3.63) is 29.6 Å². The molecule has 0 spiro atoms. The van der Waals surface area contributed by atoms with Gasteiger partial charge >= 0.3 is 5.97 Å². The highest BCUT2D eigenvalue weighted by atomic mass is 19.1. The Morgan fingerprint density at radius 1 is 1.42 bits per heavy atom. The summed E-state index contributed by atoms with van der Waals surface area (Å²) in [6.07, 6.45) is -0.264. The molecule has 1 aliphatic rings. The SMILES string of the molecule is COC(OC)C1CN(c2ccc(C(=O)O)c(F)c2)C1. The molecule has 1 aromatic carbocycles. The van der Waals surface area contributed by atoms with Crippen molar-refractivity contribution in [2.24, 2.45) is 5.92 Å². The second-order valence-electron chi connectivity index (χ2n) is 4.47. The molecular weight excluding hydrogens is 253 g/mol. The molecule has 1 fully saturated rings. The zero-order valence-electron chi connectivity index (χ0n) is 10.8. The highest BCUT2D eigenvalue weighted by molar-refractivity contribution is 5.88. The number of benzene rings is 1. The first-order chi connectivity index (χ1) is 9.06. The Labute approximate surface area is 110 Å². The van der Waals surface area contributed by atoms with Crippen LogP contribution >= 0.6 is 0 Å². The number of ether oxygens (including phenoxy) is 2. The predicted molar refractivity (Wildman–Crippen MR) is 66.9 cm³/mol. The summed E-state index contributed by atoms with van der Waals surface area (Å²) < 4.78 is 23.9. The smallest absolute Gasteiger partial charge is 0.338 e. The molecule has 1 saturated heterocycles. The van der Waals surface area contributed by atoms with Crippen LogP contribution in [0.1, 0.15) is 10.4 Å². The molecule has 1 aromatic rings. The van der Waals surface area contributed by atoms with E-state index in [9.17, 15) is 9.18 Å². The maximum atomic E-state index is 13.6. The van der Waals surface area contributed by atoms with E-state index in [1.54, 1.807) is 20.3 Å². The quantitative estimate of drug-likeness (QED) is 0.822. The molecule has 0 aromatic heterocycles. The van der Waals surface area contributed by atoms with E-state index in [1.165, 1.54) is 12.1 Å². The molecular formula is C13H16FNO4. The number of halogens is 1. The minimum Gasteiger partial charge on any atom is -0.478 e. The zero-order valence-corrected chi connectivity index (χ0v) is 10.8. The van der Waals surface area contributed by atoms with E-state index in [1.807, 2.05) is 4.90 Å². The number of aromatic carboxylic acids is 1. The van der Waals surface area contributed by atoms with Gasteiger partial charge in [-0.2, -0.15) is 0 Å². The molecule has 1 N–H and O–H groups in total. The van der Waals surface area contributed by atoms with Crippen LogP contribution in [0.15, 0.2) is 18.2 Å². The van der Waals surface area contributed by atoms with Crippen LogP contribution in [0.3, 0.4) is 0 Å². The third kappa shape index (κ3) is 2.69. The monoisotopic (exact) mass is 269 g/mol. The molecule has 1 heterocycles. The van der Waals surface area contributed by atoms with E-state index in [-0.39, 0.29) is 17.8 Å². The maximum Gasteiger partial charge on any atom is 0.338 e. The molecule has 5 nitrogen and oxygen atoms in total. The van der Waals surface area contributed by atoms with Crippen LogP contribution in [0.4, 0.5) is 10.1 Å². The molecule has 19 heavy (non-hydrogen) atoms. The zero-order chi connectivity index (χ0) is 14.0. The summed E-state index contributed by atoms with van der Waals surface area (Å²) in [5.41, 5.74) is 0.359. The summed E-state index contributed by atoms with van der Waals surface area (Å²) in [5, 5.41) is 8.76. The minimum absolute atomic E-state index is 0.234. The summed E-state index contributed by atoms with van der Waals surface area (Å²) in [4.78, 5) is 12.7. The van der Waals surface area contributed by atoms with Crippen molar-refractivity contribution in [2.75, 3.05) is 32.2 Å². The van der Waals surface area contributed by atoms with Crippen molar-refractivity contribution in [1.82, 2.24) is 0 Å². The number of carbonyl (C=O) groups is 1. The fourth-order valence-electron chi connectivity index (χ4n) is 2.25. The third-order valence-electron chi connectivity index (χ3n) is 3.31. The van der Waals surface area contributed by atoms with Gasteiger partial charge in [0.1, 0.15) is 5.82 Å². The number of hydrogen-bond donors (Lipinski definition) is 1. The highest BCUT2D eigenvalue weighted by Gasteiger charge is 2.34. The number of nitrogens with zero attached hydrogens (tertiary/aromatic N) is 1. The standard InChI is InChI=1S/C13H16FNO4/c1-18-13(19-2)8-6-15(7-8)9-3-4-10(12(16)17)11(14)5-9/h3-5,8,13H,6-7H2,1-2H3,(H,16,17). The lowest BCUT2D eigenvalue weighted by atomic mass is 9.98. The summed E-state index contributed by atoms with van der Waals surface area (Å²) in [6, 6.07) is 4.14. The van der Waals surface area contributed by atoms with Crippen LogP contribution in [-0.4, -0.2) is 44.7 Å². The third-order valence-corrected chi connectivity index (χ3v) is 3.31. The first kappa shape index (κ1) is 13.8. The van der Waals surface area contributed by atoms with Crippen molar-refractivity contribution in [1.29, 1.82) is 0 Å². The van der Waals surface area contributed by atoms with Crippen molar-refractivity contribution in [2.45, 2.75) is 6.29 Å². The number of rotatable bonds is 5. The fourth-order valence-corrected chi connectivity index (χ4v) is 2.25. The maximum absolute atomic E-state index is 13.6. The lowest BCUT2D eigenvalue weighted by molar-refractivity contribution is -0.142. The summed E-state index contributed by atoms with van der Waals surface area (Å²) in [5.74, 6) is -1.75. The van der Waals surface area contributed by atoms with E-state index in [0.29, 0.717) is 18.8 Å². The Balaban J connectivity index is 2.02. The Morgan fingerprint density at radius 2 is 2.05 bits per heavy atom. The van der Waals surface area contributed by atoms with E-state index in [0.717, 1.165) is 0 Å². The van der Waals surface area contributed by atoms with E-state index < -0.39 is 11.8 Å². The van der Waals surface area contributed by atoms with Crippen molar-refractivity contribution < 1.29 is 23.8 Å². The van der Waals surface area contributed by atoms with Gasteiger partial charge in [-0.25, -0.2) is 9.18 Å². The number of carboxylic acids is 1. The summed E-state index contributed by atoms with van der Waals surface area (Å²) >= 11 is 0. The molecule has 0 saturated carbocycles. The van der Waals surface area contributed by atoms with Gasteiger partial charge in [-0.05, 0) is 18.2 Å². The number of methoxy groups -OCH3 is 2. The van der Waals surface area contributed by atoms with E-state index >= 15 is 0 Å². The first-order valence-corrected chi connectivity index (χ1v) is 5.90. The average molecular weight is 269 g/mol. The largest absolute Gasteiger partial charge is 0.478 e. The fraction of sp³-hybridized carbons (Fsp3) is 0.462.